The molecule has 0 spiro atoms. The Morgan fingerprint density at radius 3 is 2.38 bits per heavy atom. The Labute approximate surface area is 96.0 Å². The second kappa shape index (κ2) is 4.40. The molecular formula is C9H5BrF4O2. The molecule has 0 aliphatic heterocycles. The van der Waals surface area contributed by atoms with Gasteiger partial charge in [0.2, 0.25) is 0 Å². The summed E-state index contributed by atoms with van der Waals surface area (Å²) in [7, 11) is 0. The van der Waals surface area contributed by atoms with Crippen molar-refractivity contribution in [1.82, 2.24) is 0 Å². The largest absolute Gasteiger partial charge is 0.481 e. The normalized spacial score (nSPS) is 11.6. The summed E-state index contributed by atoms with van der Waals surface area (Å²) >= 11 is 2.77. The second-order valence-electron chi connectivity index (χ2n) is 2.99. The van der Waals surface area contributed by atoms with Crippen molar-refractivity contribution < 1.29 is 27.5 Å². The maximum absolute atomic E-state index is 13.0. The van der Waals surface area contributed by atoms with Gasteiger partial charge in [-0.05, 0) is 17.7 Å². The van der Waals surface area contributed by atoms with Crippen LogP contribution in [0.3, 0.4) is 0 Å². The van der Waals surface area contributed by atoms with Crippen molar-refractivity contribution in [2.24, 2.45) is 0 Å². The maximum atomic E-state index is 13.0. The van der Waals surface area contributed by atoms with Crippen molar-refractivity contribution in [3.8, 4) is 0 Å². The Bertz CT molecular complexity index is 428. The zero-order valence-electron chi connectivity index (χ0n) is 7.61. The first-order valence-corrected chi connectivity index (χ1v) is 4.78. The minimum absolute atomic E-state index is 0.0435. The summed E-state index contributed by atoms with van der Waals surface area (Å²) in [5, 5.41) is 8.45. The summed E-state index contributed by atoms with van der Waals surface area (Å²) in [6, 6.07) is 1.11. The fourth-order valence-corrected chi connectivity index (χ4v) is 1.59. The number of alkyl halides is 3. The van der Waals surface area contributed by atoms with Crippen LogP contribution in [0.4, 0.5) is 17.6 Å². The molecule has 88 valence electrons. The Hall–Kier alpha value is -1.11. The Kier molecular flexibility index (Phi) is 3.57. The molecule has 0 aliphatic rings. The van der Waals surface area contributed by atoms with Gasteiger partial charge in [-0.2, -0.15) is 13.2 Å². The number of carboxylic acids is 1. The monoisotopic (exact) mass is 300 g/mol. The second-order valence-corrected chi connectivity index (χ2v) is 3.85. The van der Waals surface area contributed by atoms with Crippen molar-refractivity contribution in [2.45, 2.75) is 12.6 Å². The molecule has 0 aliphatic carbocycles. The number of hydrogen-bond acceptors (Lipinski definition) is 1. The van der Waals surface area contributed by atoms with Crippen LogP contribution >= 0.6 is 15.9 Å². The summed E-state index contributed by atoms with van der Waals surface area (Å²) in [6.07, 6.45) is -5.34. The van der Waals surface area contributed by atoms with Crippen molar-refractivity contribution >= 4 is 21.9 Å². The zero-order chi connectivity index (χ0) is 12.5. The summed E-state index contributed by atoms with van der Waals surface area (Å²) in [5.74, 6) is -2.73. The number of carbonyl (C=O) groups is 1. The molecule has 7 heteroatoms. The molecule has 0 amide bonds. The summed E-state index contributed by atoms with van der Waals surface area (Å²) in [4.78, 5) is 10.3. The fourth-order valence-electron chi connectivity index (χ4n) is 1.10. The number of rotatable bonds is 2. The van der Waals surface area contributed by atoms with Crippen LogP contribution < -0.4 is 0 Å². The molecule has 0 saturated carbocycles. The molecule has 1 rings (SSSR count). The summed E-state index contributed by atoms with van der Waals surface area (Å²) < 4.78 is 49.7. The molecule has 16 heavy (non-hydrogen) atoms. The highest BCUT2D eigenvalue weighted by Crippen LogP contribution is 2.34. The third-order valence-corrected chi connectivity index (χ3v) is 2.52. The van der Waals surface area contributed by atoms with Gasteiger partial charge >= 0.3 is 12.1 Å². The number of halogens is 5. The van der Waals surface area contributed by atoms with Gasteiger partial charge in [0.25, 0.3) is 0 Å². The first-order chi connectivity index (χ1) is 7.21. The average molecular weight is 301 g/mol. The molecule has 0 unspecified atom stereocenters. The van der Waals surface area contributed by atoms with E-state index >= 15 is 0 Å². The van der Waals surface area contributed by atoms with Crippen LogP contribution in [-0.2, 0) is 17.4 Å². The van der Waals surface area contributed by atoms with Gasteiger partial charge in [0.1, 0.15) is 5.82 Å². The predicted molar refractivity (Wildman–Crippen MR) is 50.4 cm³/mol. The topological polar surface area (TPSA) is 37.3 Å². The highest BCUT2D eigenvalue weighted by atomic mass is 79.9. The lowest BCUT2D eigenvalue weighted by Crippen LogP contribution is -2.10. The van der Waals surface area contributed by atoms with E-state index in [4.69, 9.17) is 5.11 Å². The van der Waals surface area contributed by atoms with Crippen molar-refractivity contribution in [2.75, 3.05) is 0 Å². The zero-order valence-corrected chi connectivity index (χ0v) is 9.19. The first-order valence-electron chi connectivity index (χ1n) is 3.98. The SMILES string of the molecule is O=C(O)Cc1cc(F)c(C(F)(F)F)cc1Br. The smallest absolute Gasteiger partial charge is 0.419 e. The lowest BCUT2D eigenvalue weighted by molar-refractivity contribution is -0.140. The van der Waals surface area contributed by atoms with E-state index < -0.39 is 29.9 Å². The summed E-state index contributed by atoms with van der Waals surface area (Å²) in [6.45, 7) is 0. The molecule has 2 nitrogen and oxygen atoms in total. The van der Waals surface area contributed by atoms with E-state index in [0.29, 0.717) is 12.1 Å². The molecule has 0 saturated heterocycles. The number of hydrogen-bond donors (Lipinski definition) is 1. The lowest BCUT2D eigenvalue weighted by atomic mass is 10.1. The molecule has 1 aromatic rings. The van der Waals surface area contributed by atoms with Crippen LogP contribution in [0.5, 0.6) is 0 Å². The lowest BCUT2D eigenvalue weighted by Gasteiger charge is -2.10. The molecule has 0 heterocycles. The van der Waals surface area contributed by atoms with Gasteiger partial charge in [-0.15, -0.1) is 0 Å². The third kappa shape index (κ3) is 2.94. The Morgan fingerprint density at radius 2 is 1.94 bits per heavy atom. The van der Waals surface area contributed by atoms with Crippen molar-refractivity contribution in [1.29, 1.82) is 0 Å². The van der Waals surface area contributed by atoms with Gasteiger partial charge in [-0.1, -0.05) is 15.9 Å². The van der Waals surface area contributed by atoms with Crippen LogP contribution in [0, 0.1) is 5.82 Å². The molecule has 1 N–H and O–H groups in total. The standard InChI is InChI=1S/C9H5BrF4O2/c10-6-3-5(9(12,13)14)7(11)1-4(6)2-8(15)16/h1,3H,2H2,(H,15,16). The van der Waals surface area contributed by atoms with Gasteiger partial charge < -0.3 is 5.11 Å². The molecule has 0 atom stereocenters. The van der Waals surface area contributed by atoms with Crippen molar-refractivity contribution in [3.05, 3.63) is 33.5 Å². The minimum atomic E-state index is -4.80. The van der Waals surface area contributed by atoms with Gasteiger partial charge in [-0.3, -0.25) is 4.79 Å². The van der Waals surface area contributed by atoms with E-state index in [0.717, 1.165) is 0 Å². The molecular weight excluding hydrogens is 296 g/mol. The van der Waals surface area contributed by atoms with Gasteiger partial charge in [0.05, 0.1) is 12.0 Å². The average Bonchev–Trinajstić information content (AvgIpc) is 2.07. The first kappa shape index (κ1) is 13.0. The van der Waals surface area contributed by atoms with E-state index in [1.807, 2.05) is 0 Å². The highest BCUT2D eigenvalue weighted by molar-refractivity contribution is 9.10. The van der Waals surface area contributed by atoms with Gasteiger partial charge in [0, 0.05) is 4.47 Å². The van der Waals surface area contributed by atoms with Crippen LogP contribution in [0.15, 0.2) is 16.6 Å². The molecule has 0 aromatic heterocycles. The molecule has 0 bridgehead atoms. The molecule has 1 aromatic carbocycles. The number of aliphatic carboxylic acids is 1. The molecule has 0 fully saturated rings. The third-order valence-electron chi connectivity index (χ3n) is 1.78. The quantitative estimate of drug-likeness (QED) is 0.852. The van der Waals surface area contributed by atoms with Crippen LogP contribution in [0.1, 0.15) is 11.1 Å². The van der Waals surface area contributed by atoms with Crippen molar-refractivity contribution in [3.63, 3.8) is 0 Å². The van der Waals surface area contributed by atoms with Gasteiger partial charge in [0.15, 0.2) is 0 Å². The van der Waals surface area contributed by atoms with Crippen LogP contribution in [0.25, 0.3) is 0 Å². The predicted octanol–water partition coefficient (Wildman–Crippen LogP) is 3.23. The Balaban J connectivity index is 3.22. The molecule has 0 radical (unpaired) electrons. The highest BCUT2D eigenvalue weighted by Gasteiger charge is 2.34. The van der Waals surface area contributed by atoms with Crippen LogP contribution in [-0.4, -0.2) is 11.1 Å². The van der Waals surface area contributed by atoms with Gasteiger partial charge in [-0.25, -0.2) is 4.39 Å². The van der Waals surface area contributed by atoms with E-state index in [2.05, 4.69) is 15.9 Å². The fraction of sp³-hybridized carbons (Fsp3) is 0.222. The van der Waals surface area contributed by atoms with E-state index in [1.54, 1.807) is 0 Å². The Morgan fingerprint density at radius 1 is 1.38 bits per heavy atom. The summed E-state index contributed by atoms with van der Waals surface area (Å²) in [5.41, 5.74) is -1.47. The minimum Gasteiger partial charge on any atom is -0.481 e. The maximum Gasteiger partial charge on any atom is 0.419 e. The van der Waals surface area contributed by atoms with E-state index in [9.17, 15) is 22.4 Å². The van der Waals surface area contributed by atoms with E-state index in [-0.39, 0.29) is 10.0 Å². The number of benzene rings is 1. The van der Waals surface area contributed by atoms with Crippen LogP contribution in [0.2, 0.25) is 0 Å². The number of carboxylic acid groups (broad SMARTS) is 1. The van der Waals surface area contributed by atoms with E-state index in [1.165, 1.54) is 0 Å².